The third kappa shape index (κ3) is 3.25. The Bertz CT molecular complexity index is 587. The van der Waals surface area contributed by atoms with Crippen molar-refractivity contribution in [3.05, 3.63) is 29.1 Å². The maximum Gasteiger partial charge on any atom is 0.148 e. The van der Waals surface area contributed by atoms with Crippen LogP contribution in [-0.2, 0) is 20.1 Å². The number of hydrogen-bond donors (Lipinski definition) is 1. The second-order valence-corrected chi connectivity index (χ2v) is 6.21. The van der Waals surface area contributed by atoms with Gasteiger partial charge >= 0.3 is 0 Å². The summed E-state index contributed by atoms with van der Waals surface area (Å²) in [6.45, 7) is 12.2. The van der Waals surface area contributed by atoms with Crippen LogP contribution in [0.1, 0.15) is 43.5 Å². The Morgan fingerprint density at radius 3 is 2.50 bits per heavy atom. The van der Waals surface area contributed by atoms with Crippen molar-refractivity contribution in [2.45, 2.75) is 53.2 Å². The van der Waals surface area contributed by atoms with E-state index in [9.17, 15) is 0 Å². The SMILES string of the molecule is Cc1nn(Cc2ncnn2C)c(C)c1CNC(C)(C)C. The van der Waals surface area contributed by atoms with Crippen LogP contribution in [0.15, 0.2) is 6.33 Å². The Morgan fingerprint density at radius 2 is 1.95 bits per heavy atom. The summed E-state index contributed by atoms with van der Waals surface area (Å²) in [5.74, 6) is 0.908. The normalized spacial score (nSPS) is 12.1. The summed E-state index contributed by atoms with van der Waals surface area (Å²) in [7, 11) is 1.90. The van der Waals surface area contributed by atoms with Gasteiger partial charge in [0, 0.05) is 30.4 Å². The first-order valence-corrected chi connectivity index (χ1v) is 6.88. The van der Waals surface area contributed by atoms with Crippen LogP contribution in [0, 0.1) is 13.8 Å². The highest BCUT2D eigenvalue weighted by Gasteiger charge is 2.16. The molecule has 6 nitrogen and oxygen atoms in total. The molecule has 0 aliphatic rings. The van der Waals surface area contributed by atoms with Gasteiger partial charge in [-0.05, 0) is 34.6 Å². The van der Waals surface area contributed by atoms with E-state index in [2.05, 4.69) is 55.1 Å². The molecule has 0 saturated heterocycles. The quantitative estimate of drug-likeness (QED) is 0.920. The van der Waals surface area contributed by atoms with Gasteiger partial charge in [-0.25, -0.2) is 4.98 Å². The fourth-order valence-corrected chi connectivity index (χ4v) is 2.09. The summed E-state index contributed by atoms with van der Waals surface area (Å²) in [6.07, 6.45) is 1.57. The summed E-state index contributed by atoms with van der Waals surface area (Å²) in [6, 6.07) is 0. The Labute approximate surface area is 120 Å². The van der Waals surface area contributed by atoms with Gasteiger partial charge in [0.25, 0.3) is 0 Å². The minimum Gasteiger partial charge on any atom is -0.308 e. The van der Waals surface area contributed by atoms with E-state index in [0.29, 0.717) is 6.54 Å². The Morgan fingerprint density at radius 1 is 1.25 bits per heavy atom. The van der Waals surface area contributed by atoms with Crippen molar-refractivity contribution >= 4 is 0 Å². The zero-order valence-electron chi connectivity index (χ0n) is 13.2. The largest absolute Gasteiger partial charge is 0.308 e. The smallest absolute Gasteiger partial charge is 0.148 e. The first kappa shape index (κ1) is 14.7. The highest BCUT2D eigenvalue weighted by atomic mass is 15.4. The molecule has 0 radical (unpaired) electrons. The average molecular weight is 276 g/mol. The van der Waals surface area contributed by atoms with Crippen LogP contribution in [0.3, 0.4) is 0 Å². The first-order valence-electron chi connectivity index (χ1n) is 6.88. The fraction of sp³-hybridized carbons (Fsp3) is 0.643. The van der Waals surface area contributed by atoms with Gasteiger partial charge < -0.3 is 5.32 Å². The molecule has 0 aliphatic heterocycles. The molecule has 110 valence electrons. The molecule has 0 bridgehead atoms. The van der Waals surface area contributed by atoms with Crippen molar-refractivity contribution in [2.75, 3.05) is 0 Å². The second kappa shape index (κ2) is 5.36. The van der Waals surface area contributed by atoms with Gasteiger partial charge in [-0.3, -0.25) is 9.36 Å². The highest BCUT2D eigenvalue weighted by Crippen LogP contribution is 2.15. The summed E-state index contributed by atoms with van der Waals surface area (Å²) >= 11 is 0. The van der Waals surface area contributed by atoms with Gasteiger partial charge in [-0.1, -0.05) is 0 Å². The van der Waals surface area contributed by atoms with E-state index in [1.807, 2.05) is 11.7 Å². The molecule has 2 aromatic rings. The van der Waals surface area contributed by atoms with Crippen LogP contribution >= 0.6 is 0 Å². The van der Waals surface area contributed by atoms with Crippen molar-refractivity contribution in [1.82, 2.24) is 29.9 Å². The molecule has 20 heavy (non-hydrogen) atoms. The fourth-order valence-electron chi connectivity index (χ4n) is 2.09. The van der Waals surface area contributed by atoms with E-state index in [0.717, 1.165) is 18.1 Å². The van der Waals surface area contributed by atoms with Crippen molar-refractivity contribution in [2.24, 2.45) is 7.05 Å². The van der Waals surface area contributed by atoms with E-state index in [4.69, 9.17) is 0 Å². The number of hydrogen-bond acceptors (Lipinski definition) is 4. The molecule has 6 heteroatoms. The standard InChI is InChI=1S/C14H24N6/c1-10-12(7-16-14(3,4)5)11(2)20(18-10)8-13-15-9-17-19(13)6/h9,16H,7-8H2,1-6H3. The molecule has 2 aromatic heterocycles. The van der Waals surface area contributed by atoms with Crippen molar-refractivity contribution in [3.63, 3.8) is 0 Å². The Balaban J connectivity index is 2.18. The van der Waals surface area contributed by atoms with E-state index >= 15 is 0 Å². The van der Waals surface area contributed by atoms with Gasteiger partial charge in [0.05, 0.1) is 5.69 Å². The van der Waals surface area contributed by atoms with Gasteiger partial charge in [0.15, 0.2) is 0 Å². The number of nitrogens with zero attached hydrogens (tertiary/aromatic N) is 5. The molecule has 2 heterocycles. The minimum atomic E-state index is 0.102. The van der Waals surface area contributed by atoms with Gasteiger partial charge in [0.2, 0.25) is 0 Å². The zero-order chi connectivity index (χ0) is 14.9. The average Bonchev–Trinajstić information content (AvgIpc) is 2.83. The molecule has 0 fully saturated rings. The predicted molar refractivity (Wildman–Crippen MR) is 78.4 cm³/mol. The molecule has 0 spiro atoms. The Hall–Kier alpha value is -1.69. The minimum absolute atomic E-state index is 0.102. The first-order chi connectivity index (χ1) is 9.28. The topological polar surface area (TPSA) is 60.6 Å². The molecule has 1 N–H and O–H groups in total. The predicted octanol–water partition coefficient (Wildman–Crippen LogP) is 1.56. The summed E-state index contributed by atoms with van der Waals surface area (Å²) < 4.78 is 3.78. The van der Waals surface area contributed by atoms with Crippen LogP contribution < -0.4 is 5.32 Å². The van der Waals surface area contributed by atoms with Crippen LogP contribution in [-0.4, -0.2) is 30.1 Å². The molecule has 0 aliphatic carbocycles. The molecule has 2 rings (SSSR count). The maximum absolute atomic E-state index is 4.62. The third-order valence-electron chi connectivity index (χ3n) is 3.42. The number of aryl methyl sites for hydroxylation is 2. The summed E-state index contributed by atoms with van der Waals surface area (Å²) in [5.41, 5.74) is 3.62. The summed E-state index contributed by atoms with van der Waals surface area (Å²) in [5, 5.41) is 12.2. The van der Waals surface area contributed by atoms with Crippen molar-refractivity contribution in [1.29, 1.82) is 0 Å². The van der Waals surface area contributed by atoms with Gasteiger partial charge in [0.1, 0.15) is 18.7 Å². The lowest BCUT2D eigenvalue weighted by molar-refractivity contribution is 0.423. The Kier molecular flexibility index (Phi) is 3.94. The molecular weight excluding hydrogens is 252 g/mol. The van der Waals surface area contributed by atoms with Gasteiger partial charge in [-0.2, -0.15) is 10.2 Å². The second-order valence-electron chi connectivity index (χ2n) is 6.21. The maximum atomic E-state index is 4.62. The van der Waals surface area contributed by atoms with Crippen LogP contribution in [0.2, 0.25) is 0 Å². The molecular formula is C14H24N6. The lowest BCUT2D eigenvalue weighted by atomic mass is 10.1. The van der Waals surface area contributed by atoms with Crippen LogP contribution in [0.25, 0.3) is 0 Å². The number of aromatic nitrogens is 5. The van der Waals surface area contributed by atoms with Crippen LogP contribution in [0.4, 0.5) is 0 Å². The highest BCUT2D eigenvalue weighted by molar-refractivity contribution is 5.25. The van der Waals surface area contributed by atoms with Crippen LogP contribution in [0.5, 0.6) is 0 Å². The molecule has 0 unspecified atom stereocenters. The third-order valence-corrected chi connectivity index (χ3v) is 3.42. The van der Waals surface area contributed by atoms with Crippen molar-refractivity contribution < 1.29 is 0 Å². The zero-order valence-corrected chi connectivity index (χ0v) is 13.2. The van der Waals surface area contributed by atoms with Gasteiger partial charge in [-0.15, -0.1) is 0 Å². The van der Waals surface area contributed by atoms with E-state index in [1.54, 1.807) is 11.0 Å². The number of nitrogens with one attached hydrogen (secondary N) is 1. The molecule has 0 atom stereocenters. The number of rotatable bonds is 4. The van der Waals surface area contributed by atoms with Crippen molar-refractivity contribution in [3.8, 4) is 0 Å². The molecule has 0 aromatic carbocycles. The van der Waals surface area contributed by atoms with E-state index in [1.165, 1.54) is 11.3 Å². The summed E-state index contributed by atoms with van der Waals surface area (Å²) in [4.78, 5) is 4.25. The lowest BCUT2D eigenvalue weighted by Gasteiger charge is -2.20. The molecule has 0 saturated carbocycles. The lowest BCUT2D eigenvalue weighted by Crippen LogP contribution is -2.35. The molecule has 0 amide bonds. The monoisotopic (exact) mass is 276 g/mol. The van der Waals surface area contributed by atoms with E-state index < -0.39 is 0 Å². The van der Waals surface area contributed by atoms with E-state index in [-0.39, 0.29) is 5.54 Å².